The molecule has 2 saturated heterocycles. The van der Waals surface area contributed by atoms with Crippen LogP contribution in [0.5, 0.6) is 0 Å². The maximum atomic E-state index is 13.0. The summed E-state index contributed by atoms with van der Waals surface area (Å²) in [6.45, 7) is 3.74. The lowest BCUT2D eigenvalue weighted by molar-refractivity contribution is -0.332. The highest BCUT2D eigenvalue weighted by atomic mass is 16.7. The number of esters is 1. The largest absolute Gasteiger partial charge is 0.457 e. The molecule has 0 aromatic carbocycles. The van der Waals surface area contributed by atoms with Crippen LogP contribution in [0.1, 0.15) is 258 Å². The van der Waals surface area contributed by atoms with Crippen molar-refractivity contribution in [3.63, 3.8) is 0 Å². The van der Waals surface area contributed by atoms with Crippen LogP contribution in [0, 0.1) is 0 Å². The van der Waals surface area contributed by atoms with E-state index in [9.17, 15) is 40.5 Å². The minimum absolute atomic E-state index is 0.0705. The second kappa shape index (κ2) is 45.2. The van der Waals surface area contributed by atoms with E-state index in [0.717, 1.165) is 38.5 Å². The topological polar surface area (TPSA) is 214 Å². The molecule has 71 heavy (non-hydrogen) atoms. The molecule has 0 aliphatic carbocycles. The molecule has 0 amide bonds. The lowest BCUT2D eigenvalue weighted by Crippen LogP contribution is -2.61. The quantitative estimate of drug-likeness (QED) is 0.0223. The zero-order chi connectivity index (χ0) is 51.6. The molecule has 2 aliphatic rings. The molecule has 0 bridgehead atoms. The molecular formula is C57H110O14. The van der Waals surface area contributed by atoms with Crippen LogP contribution in [0.2, 0.25) is 0 Å². The minimum Gasteiger partial charge on any atom is -0.457 e. The van der Waals surface area contributed by atoms with Crippen LogP contribution in [-0.4, -0.2) is 142 Å². The third-order valence-electron chi connectivity index (χ3n) is 14.6. The van der Waals surface area contributed by atoms with Gasteiger partial charge in [0.1, 0.15) is 54.9 Å². The SMILES string of the molecule is CCCCCCCCCCCCCCCCCCCCCCCCCCCCOCC(COC1OC(COC2OC(CO)C(O)C(O)C2O)C(O)C(O)C1O)OC(=O)CCCCCCCCCCCCC. The third-order valence-corrected chi connectivity index (χ3v) is 14.6. The fourth-order valence-corrected chi connectivity index (χ4v) is 9.82. The van der Waals surface area contributed by atoms with E-state index in [-0.39, 0.29) is 25.6 Å². The van der Waals surface area contributed by atoms with Crippen molar-refractivity contribution in [1.29, 1.82) is 0 Å². The highest BCUT2D eigenvalue weighted by molar-refractivity contribution is 5.69. The molecule has 11 unspecified atom stereocenters. The predicted molar refractivity (Wildman–Crippen MR) is 280 cm³/mol. The summed E-state index contributed by atoms with van der Waals surface area (Å²) in [5.74, 6) is -0.371. The molecule has 14 heteroatoms. The Morgan fingerprint density at radius 2 is 0.746 bits per heavy atom. The Morgan fingerprint density at radius 3 is 1.14 bits per heavy atom. The minimum atomic E-state index is -1.70. The molecule has 0 saturated carbocycles. The highest BCUT2D eigenvalue weighted by Gasteiger charge is 2.47. The zero-order valence-electron chi connectivity index (χ0n) is 45.2. The number of aliphatic hydroxyl groups excluding tert-OH is 7. The van der Waals surface area contributed by atoms with Gasteiger partial charge in [-0.2, -0.15) is 0 Å². The standard InChI is InChI=1S/C57H110O14/c1-3-5-7-9-11-13-15-16-17-18-19-20-21-22-23-24-25-26-27-28-29-31-33-35-37-39-41-66-43-46(69-49(59)40-38-36-34-32-30-14-12-10-8-6-4-2)44-67-56-55(65)53(63)51(61)48(71-56)45-68-57-54(64)52(62)50(60)47(42-58)70-57/h46-48,50-58,60-65H,3-45H2,1-2H3. The van der Waals surface area contributed by atoms with Gasteiger partial charge in [-0.05, 0) is 12.8 Å². The Hall–Kier alpha value is -1.01. The fraction of sp³-hybridized carbons (Fsp3) is 0.982. The first-order valence-electron chi connectivity index (χ1n) is 29.6. The summed E-state index contributed by atoms with van der Waals surface area (Å²) in [4.78, 5) is 13.0. The average molecular weight is 1020 g/mol. The molecule has 0 spiro atoms. The first-order valence-corrected chi connectivity index (χ1v) is 29.6. The molecule has 2 fully saturated rings. The maximum Gasteiger partial charge on any atom is 0.306 e. The second-order valence-electron chi connectivity index (χ2n) is 21.2. The summed E-state index contributed by atoms with van der Waals surface area (Å²) >= 11 is 0. The fourth-order valence-electron chi connectivity index (χ4n) is 9.82. The highest BCUT2D eigenvalue weighted by Crippen LogP contribution is 2.27. The van der Waals surface area contributed by atoms with Crippen LogP contribution in [0.3, 0.4) is 0 Å². The normalized spacial score (nSPS) is 25.2. The Kier molecular flexibility index (Phi) is 42.1. The van der Waals surface area contributed by atoms with Crippen LogP contribution >= 0.6 is 0 Å². The van der Waals surface area contributed by atoms with E-state index < -0.39 is 80.7 Å². The smallest absolute Gasteiger partial charge is 0.306 e. The summed E-state index contributed by atoms with van der Waals surface area (Å²) in [5.41, 5.74) is 0. The Morgan fingerprint density at radius 1 is 0.408 bits per heavy atom. The predicted octanol–water partition coefficient (Wildman–Crippen LogP) is 10.4. The molecular weight excluding hydrogens is 909 g/mol. The van der Waals surface area contributed by atoms with Crippen molar-refractivity contribution in [2.75, 3.05) is 33.0 Å². The number of ether oxygens (including phenoxy) is 6. The van der Waals surface area contributed by atoms with E-state index in [1.807, 2.05) is 0 Å². The number of hydrogen-bond donors (Lipinski definition) is 7. The number of carbonyl (C=O) groups is 1. The zero-order valence-corrected chi connectivity index (χ0v) is 45.2. The molecule has 0 radical (unpaired) electrons. The lowest BCUT2D eigenvalue weighted by Gasteiger charge is -2.42. The molecule has 2 aliphatic heterocycles. The number of carbonyl (C=O) groups excluding carboxylic acids is 1. The van der Waals surface area contributed by atoms with Crippen molar-refractivity contribution in [1.82, 2.24) is 0 Å². The van der Waals surface area contributed by atoms with Crippen molar-refractivity contribution in [3.05, 3.63) is 0 Å². The van der Waals surface area contributed by atoms with Crippen molar-refractivity contribution < 1.29 is 69.0 Å². The summed E-state index contributed by atoms with van der Waals surface area (Å²) in [6.07, 6.45) is 31.9. The summed E-state index contributed by atoms with van der Waals surface area (Å²) in [6, 6.07) is 0. The van der Waals surface area contributed by atoms with Gasteiger partial charge in [0.2, 0.25) is 0 Å². The van der Waals surface area contributed by atoms with Gasteiger partial charge in [0.15, 0.2) is 12.6 Å². The van der Waals surface area contributed by atoms with Crippen LogP contribution in [0.4, 0.5) is 0 Å². The first-order chi connectivity index (χ1) is 34.6. The van der Waals surface area contributed by atoms with Gasteiger partial charge in [0.05, 0.1) is 26.4 Å². The molecule has 2 heterocycles. The van der Waals surface area contributed by atoms with Gasteiger partial charge in [-0.1, -0.05) is 239 Å². The van der Waals surface area contributed by atoms with Gasteiger partial charge >= 0.3 is 5.97 Å². The van der Waals surface area contributed by atoms with Crippen LogP contribution < -0.4 is 0 Å². The van der Waals surface area contributed by atoms with E-state index in [1.165, 1.54) is 193 Å². The molecule has 0 aromatic rings. The molecule has 422 valence electrons. The van der Waals surface area contributed by atoms with Crippen molar-refractivity contribution >= 4 is 5.97 Å². The van der Waals surface area contributed by atoms with E-state index in [1.54, 1.807) is 0 Å². The summed E-state index contributed by atoms with van der Waals surface area (Å²) in [5, 5.41) is 72.2. The molecule has 14 nitrogen and oxygen atoms in total. The van der Waals surface area contributed by atoms with Gasteiger partial charge in [0.25, 0.3) is 0 Å². The molecule has 7 N–H and O–H groups in total. The van der Waals surface area contributed by atoms with Crippen LogP contribution in [-0.2, 0) is 33.2 Å². The van der Waals surface area contributed by atoms with Crippen LogP contribution in [0.15, 0.2) is 0 Å². The lowest BCUT2D eigenvalue weighted by atomic mass is 9.98. The number of rotatable bonds is 49. The molecule has 11 atom stereocenters. The number of aliphatic hydroxyl groups is 7. The van der Waals surface area contributed by atoms with Crippen molar-refractivity contribution in [2.45, 2.75) is 325 Å². The molecule has 2 rings (SSSR count). The Balaban J connectivity index is 1.63. The first kappa shape index (κ1) is 66.1. The van der Waals surface area contributed by atoms with Crippen LogP contribution in [0.25, 0.3) is 0 Å². The van der Waals surface area contributed by atoms with E-state index in [0.29, 0.717) is 13.0 Å². The van der Waals surface area contributed by atoms with E-state index in [4.69, 9.17) is 28.4 Å². The maximum absolute atomic E-state index is 13.0. The van der Waals surface area contributed by atoms with Crippen molar-refractivity contribution in [2.24, 2.45) is 0 Å². The van der Waals surface area contributed by atoms with E-state index >= 15 is 0 Å². The summed E-state index contributed by atoms with van der Waals surface area (Å²) in [7, 11) is 0. The van der Waals surface area contributed by atoms with E-state index in [2.05, 4.69) is 13.8 Å². The van der Waals surface area contributed by atoms with Gasteiger partial charge in [-0.3, -0.25) is 4.79 Å². The Labute approximate surface area is 432 Å². The number of unbranched alkanes of at least 4 members (excludes halogenated alkanes) is 35. The number of hydrogen-bond acceptors (Lipinski definition) is 14. The monoisotopic (exact) mass is 1020 g/mol. The van der Waals surface area contributed by atoms with Gasteiger partial charge in [-0.15, -0.1) is 0 Å². The Bertz CT molecular complexity index is 1180. The third kappa shape index (κ3) is 32.2. The van der Waals surface area contributed by atoms with Crippen molar-refractivity contribution in [3.8, 4) is 0 Å². The summed E-state index contributed by atoms with van der Waals surface area (Å²) < 4.78 is 34.4. The van der Waals surface area contributed by atoms with Gasteiger partial charge in [-0.25, -0.2) is 0 Å². The van der Waals surface area contributed by atoms with Gasteiger partial charge in [0, 0.05) is 13.0 Å². The average Bonchev–Trinajstić information content (AvgIpc) is 3.37. The second-order valence-corrected chi connectivity index (χ2v) is 21.2. The molecule has 0 aromatic heterocycles. The van der Waals surface area contributed by atoms with Gasteiger partial charge < -0.3 is 64.2 Å².